The van der Waals surface area contributed by atoms with Gasteiger partial charge in [0.15, 0.2) is 10.1 Å². The molecule has 0 fully saturated rings. The average molecular weight is 355 g/mol. The molecule has 0 radical (unpaired) electrons. The molecule has 9 heteroatoms. The van der Waals surface area contributed by atoms with Crippen LogP contribution < -0.4 is 4.57 Å². The molecule has 0 spiro atoms. The van der Waals surface area contributed by atoms with Crippen molar-refractivity contribution in [2.45, 2.75) is 38.2 Å². The van der Waals surface area contributed by atoms with E-state index in [1.54, 1.807) is 0 Å². The van der Waals surface area contributed by atoms with Crippen LogP contribution in [0.4, 0.5) is 13.2 Å². The number of para-hydroxylation sites is 1. The molecule has 22 heavy (non-hydrogen) atoms. The number of halogens is 3. The number of rotatable bonds is 4. The van der Waals surface area contributed by atoms with E-state index in [1.807, 2.05) is 11.3 Å². The fourth-order valence-electron chi connectivity index (χ4n) is 1.68. The Labute approximate surface area is 131 Å². The van der Waals surface area contributed by atoms with Crippen LogP contribution in [0, 0.1) is 0 Å². The highest BCUT2D eigenvalue weighted by Gasteiger charge is 2.36. The summed E-state index contributed by atoms with van der Waals surface area (Å²) in [5.41, 5.74) is -2.03. The second kappa shape index (κ2) is 7.89. The molecule has 2 aromatic rings. The van der Waals surface area contributed by atoms with Gasteiger partial charge < -0.3 is 4.55 Å². The molecule has 0 aliphatic heterocycles. The highest BCUT2D eigenvalue weighted by Crippen LogP contribution is 2.20. The Hall–Kier alpha value is -1.19. The van der Waals surface area contributed by atoms with E-state index >= 15 is 0 Å². The van der Waals surface area contributed by atoms with E-state index in [2.05, 4.69) is 41.3 Å². The number of unbranched alkanes of at least 4 members (excludes halogenated alkanes) is 2. The summed E-state index contributed by atoms with van der Waals surface area (Å²) >= 11 is 1.83. The molecule has 0 aliphatic carbocycles. The maximum absolute atomic E-state index is 10.7. The van der Waals surface area contributed by atoms with Gasteiger partial charge in [0.25, 0.3) is 0 Å². The number of alkyl halides is 3. The largest absolute Gasteiger partial charge is 0.741 e. The molecule has 1 aromatic carbocycles. The number of benzene rings is 1. The summed E-state index contributed by atoms with van der Waals surface area (Å²) in [5, 5.41) is 0. The van der Waals surface area contributed by atoms with Crippen molar-refractivity contribution < 1.29 is 30.7 Å². The lowest BCUT2D eigenvalue weighted by Gasteiger charge is -2.08. The Morgan fingerprint density at radius 3 is 2.36 bits per heavy atom. The summed E-state index contributed by atoms with van der Waals surface area (Å²) in [4.78, 5) is 0. The third-order valence-corrected chi connectivity index (χ3v) is 4.29. The van der Waals surface area contributed by atoms with Gasteiger partial charge >= 0.3 is 5.51 Å². The molecule has 124 valence electrons. The van der Waals surface area contributed by atoms with Gasteiger partial charge in [-0.2, -0.15) is 17.7 Å². The minimum absolute atomic E-state index is 1.16. The number of hydrogen-bond donors (Lipinski definition) is 0. The first-order valence-corrected chi connectivity index (χ1v) is 8.83. The van der Waals surface area contributed by atoms with Crippen molar-refractivity contribution in [2.24, 2.45) is 0 Å². The molecule has 0 N–H and O–H groups in total. The Kier molecular flexibility index (Phi) is 6.76. The predicted octanol–water partition coefficient (Wildman–Crippen LogP) is 3.43. The maximum Gasteiger partial charge on any atom is 0.485 e. The van der Waals surface area contributed by atoms with Crippen molar-refractivity contribution in [3.63, 3.8) is 0 Å². The van der Waals surface area contributed by atoms with Gasteiger partial charge in [-0.25, -0.2) is 8.42 Å². The second-order valence-electron chi connectivity index (χ2n) is 4.49. The van der Waals surface area contributed by atoms with Crippen LogP contribution in [0.2, 0.25) is 0 Å². The molecule has 0 bridgehead atoms. The molecule has 0 saturated heterocycles. The summed E-state index contributed by atoms with van der Waals surface area (Å²) in [5.74, 6) is 0. The molecule has 1 aromatic heterocycles. The van der Waals surface area contributed by atoms with Crippen LogP contribution in [0.3, 0.4) is 0 Å². The molecule has 0 atom stereocenters. The summed E-state index contributed by atoms with van der Waals surface area (Å²) in [6.07, 6.45) is 3.92. The number of nitrogens with zero attached hydrogens (tertiary/aromatic N) is 1. The fourth-order valence-corrected chi connectivity index (χ4v) is 2.60. The minimum atomic E-state index is -6.09. The average Bonchev–Trinajstić information content (AvgIpc) is 2.81. The first-order chi connectivity index (χ1) is 10.2. The zero-order valence-corrected chi connectivity index (χ0v) is 13.5. The standard InChI is InChI=1S/C12H16NS.CHF3O3S/c1-2-3-6-9-13-10-14-12-8-5-4-7-11(12)13;2-1(3,4)8(5,6)7/h4-5,7-8,10H,2-3,6,9H2,1H3;(H,5,6,7)/q+1;/p-1. The van der Waals surface area contributed by atoms with E-state index in [9.17, 15) is 13.2 Å². The van der Waals surface area contributed by atoms with Crippen LogP contribution in [0.1, 0.15) is 26.2 Å². The van der Waals surface area contributed by atoms with Crippen LogP contribution in [-0.4, -0.2) is 18.5 Å². The first-order valence-electron chi connectivity index (χ1n) is 6.54. The molecule has 0 aliphatic rings. The highest BCUT2D eigenvalue weighted by atomic mass is 32.2. The van der Waals surface area contributed by atoms with E-state index < -0.39 is 15.6 Å². The second-order valence-corrected chi connectivity index (χ2v) is 6.75. The van der Waals surface area contributed by atoms with Crippen LogP contribution >= 0.6 is 11.3 Å². The zero-order chi connectivity index (χ0) is 16.8. The summed E-state index contributed by atoms with van der Waals surface area (Å²) in [6.45, 7) is 3.41. The van der Waals surface area contributed by atoms with E-state index in [0.717, 1.165) is 6.54 Å². The van der Waals surface area contributed by atoms with Crippen molar-refractivity contribution in [1.82, 2.24) is 0 Å². The number of aromatic nitrogens is 1. The van der Waals surface area contributed by atoms with Gasteiger partial charge in [0, 0.05) is 12.5 Å². The highest BCUT2D eigenvalue weighted by molar-refractivity contribution is 7.86. The number of thiazole rings is 1. The third-order valence-electron chi connectivity index (χ3n) is 2.77. The quantitative estimate of drug-likeness (QED) is 0.365. The summed E-state index contributed by atoms with van der Waals surface area (Å²) in [6, 6.07) is 8.62. The zero-order valence-electron chi connectivity index (χ0n) is 11.8. The van der Waals surface area contributed by atoms with Crippen molar-refractivity contribution in [3.05, 3.63) is 29.8 Å². The fraction of sp³-hybridized carbons (Fsp3) is 0.462. The Morgan fingerprint density at radius 1 is 1.23 bits per heavy atom. The lowest BCUT2D eigenvalue weighted by molar-refractivity contribution is -0.667. The van der Waals surface area contributed by atoms with Crippen molar-refractivity contribution in [2.75, 3.05) is 0 Å². The third kappa shape index (κ3) is 5.54. The number of fused-ring (bicyclic) bond motifs is 1. The van der Waals surface area contributed by atoms with Crippen molar-refractivity contribution in [3.8, 4) is 0 Å². The van der Waals surface area contributed by atoms with E-state index in [1.165, 1.54) is 29.5 Å². The van der Waals surface area contributed by atoms with Crippen LogP contribution in [0.5, 0.6) is 0 Å². The molecule has 2 rings (SSSR count). The van der Waals surface area contributed by atoms with Gasteiger partial charge in [-0.15, -0.1) is 0 Å². The molecule has 0 amide bonds. The van der Waals surface area contributed by atoms with Crippen LogP contribution in [0.15, 0.2) is 29.8 Å². The van der Waals surface area contributed by atoms with Gasteiger partial charge in [0.05, 0.1) is 0 Å². The summed E-state index contributed by atoms with van der Waals surface area (Å²) < 4.78 is 62.7. The Balaban J connectivity index is 0.000000261. The van der Waals surface area contributed by atoms with Crippen molar-refractivity contribution >= 4 is 31.7 Å². The predicted molar refractivity (Wildman–Crippen MR) is 77.3 cm³/mol. The molecular formula is C13H16F3NO3S2. The van der Waals surface area contributed by atoms with Crippen LogP contribution in [0.25, 0.3) is 10.2 Å². The monoisotopic (exact) mass is 355 g/mol. The minimum Gasteiger partial charge on any atom is -0.741 e. The first kappa shape index (κ1) is 18.9. The smallest absolute Gasteiger partial charge is 0.485 e. The molecule has 4 nitrogen and oxygen atoms in total. The molecule has 0 saturated carbocycles. The topological polar surface area (TPSA) is 61.1 Å². The lowest BCUT2D eigenvalue weighted by Crippen LogP contribution is -2.31. The summed E-state index contributed by atoms with van der Waals surface area (Å²) in [7, 11) is -6.09. The van der Waals surface area contributed by atoms with E-state index in [4.69, 9.17) is 13.0 Å². The van der Waals surface area contributed by atoms with Gasteiger partial charge in [-0.05, 0) is 12.5 Å². The van der Waals surface area contributed by atoms with E-state index in [-0.39, 0.29) is 0 Å². The normalized spacial score (nSPS) is 12.0. The molecular weight excluding hydrogens is 339 g/mol. The van der Waals surface area contributed by atoms with Gasteiger partial charge in [0.2, 0.25) is 11.0 Å². The van der Waals surface area contributed by atoms with E-state index in [0.29, 0.717) is 0 Å². The Morgan fingerprint density at radius 2 is 1.82 bits per heavy atom. The number of hydrogen-bond acceptors (Lipinski definition) is 4. The van der Waals surface area contributed by atoms with Gasteiger partial charge in [-0.3, -0.25) is 0 Å². The molecule has 1 heterocycles. The van der Waals surface area contributed by atoms with Crippen LogP contribution in [-0.2, 0) is 16.7 Å². The Bertz CT molecular complexity index is 696. The van der Waals surface area contributed by atoms with Gasteiger partial charge in [-0.1, -0.05) is 36.8 Å². The number of aryl methyl sites for hydroxylation is 1. The van der Waals surface area contributed by atoms with Gasteiger partial charge in [0.1, 0.15) is 11.2 Å². The lowest BCUT2D eigenvalue weighted by atomic mass is 10.2. The maximum atomic E-state index is 10.7. The SMILES string of the molecule is CCCCC[n+]1csc2ccccc21.O=S(=O)([O-])C(F)(F)F. The van der Waals surface area contributed by atoms with Crippen molar-refractivity contribution in [1.29, 1.82) is 0 Å². The molecule has 0 unspecified atom stereocenters.